The maximum Gasteiger partial charge on any atom is 0.337 e. The van der Waals surface area contributed by atoms with Crippen molar-refractivity contribution in [2.45, 2.75) is 49.0 Å². The van der Waals surface area contributed by atoms with Crippen LogP contribution in [0.1, 0.15) is 38.5 Å². The van der Waals surface area contributed by atoms with Crippen LogP contribution in [0.5, 0.6) is 0 Å². The third kappa shape index (κ3) is 3.21. The molecule has 0 N–H and O–H groups in total. The van der Waals surface area contributed by atoms with Crippen molar-refractivity contribution in [2.24, 2.45) is 0 Å². The van der Waals surface area contributed by atoms with Crippen molar-refractivity contribution in [1.82, 2.24) is 10.2 Å². The van der Waals surface area contributed by atoms with Crippen molar-refractivity contribution in [3.8, 4) is 0 Å². The average molecular weight is 315 g/mol. The van der Waals surface area contributed by atoms with Crippen LogP contribution in [0.4, 0.5) is 6.01 Å². The van der Waals surface area contributed by atoms with Crippen LogP contribution in [0.25, 0.3) is 0 Å². The molecule has 3 rings (SSSR count). The molecule has 0 spiro atoms. The highest BCUT2D eigenvalue weighted by Crippen LogP contribution is 2.28. The van der Waals surface area contributed by atoms with Gasteiger partial charge in [-0.1, -0.05) is 35.9 Å². The highest BCUT2D eigenvalue weighted by atomic mass is 32.2. The van der Waals surface area contributed by atoms with Gasteiger partial charge in [0.1, 0.15) is 0 Å². The Kier molecular flexibility index (Phi) is 4.44. The summed E-state index contributed by atoms with van der Waals surface area (Å²) in [7, 11) is -3.50. The Balaban J connectivity index is 1.77. The summed E-state index contributed by atoms with van der Waals surface area (Å²) in [5.74, 6) is 0. The Morgan fingerprint density at radius 2 is 1.67 bits per heavy atom. The number of nitrogens with zero attached hydrogens (tertiary/aromatic N) is 3. The summed E-state index contributed by atoms with van der Waals surface area (Å²) >= 11 is 0. The number of sulfone groups is 1. The third-order valence-electron chi connectivity index (χ3n) is 4.16. The summed E-state index contributed by atoms with van der Waals surface area (Å²) in [6.45, 7) is 2.47. The molecular formula is C13H21N3O4S. The summed E-state index contributed by atoms with van der Waals surface area (Å²) in [5, 5.41) is 7.08. The fourth-order valence-electron chi connectivity index (χ4n) is 2.89. The lowest BCUT2D eigenvalue weighted by molar-refractivity contribution is 0.120. The van der Waals surface area contributed by atoms with Crippen LogP contribution in [-0.2, 0) is 14.6 Å². The summed E-state index contributed by atoms with van der Waals surface area (Å²) in [5.41, 5.74) is 0. The molecule has 2 fully saturated rings. The molecule has 1 aromatic heterocycles. The largest absolute Gasteiger partial charge is 0.394 e. The first-order valence-corrected chi connectivity index (χ1v) is 9.12. The van der Waals surface area contributed by atoms with Crippen molar-refractivity contribution in [3.05, 3.63) is 0 Å². The van der Waals surface area contributed by atoms with Crippen LogP contribution < -0.4 is 4.90 Å². The predicted molar refractivity (Wildman–Crippen MR) is 76.0 cm³/mol. The van der Waals surface area contributed by atoms with Crippen LogP contribution in [0, 0.1) is 0 Å². The molecule has 1 saturated carbocycles. The first-order chi connectivity index (χ1) is 10.2. The second-order valence-electron chi connectivity index (χ2n) is 5.61. The normalized spacial score (nSPS) is 22.2. The molecule has 2 heterocycles. The highest BCUT2D eigenvalue weighted by molar-refractivity contribution is 7.91. The molecule has 0 amide bonds. The Morgan fingerprint density at radius 3 is 2.33 bits per heavy atom. The molecule has 8 heteroatoms. The summed E-state index contributed by atoms with van der Waals surface area (Å²) in [4.78, 5) is 1.86. The van der Waals surface area contributed by atoms with E-state index in [-0.39, 0.29) is 16.5 Å². The molecular weight excluding hydrogens is 294 g/mol. The van der Waals surface area contributed by atoms with Crippen LogP contribution in [0.3, 0.4) is 0 Å². The molecule has 1 aliphatic heterocycles. The smallest absolute Gasteiger partial charge is 0.337 e. The van der Waals surface area contributed by atoms with Crippen molar-refractivity contribution < 1.29 is 17.6 Å². The van der Waals surface area contributed by atoms with Gasteiger partial charge in [-0.25, -0.2) is 8.42 Å². The van der Waals surface area contributed by atoms with Gasteiger partial charge in [-0.3, -0.25) is 0 Å². The van der Waals surface area contributed by atoms with E-state index in [9.17, 15) is 8.42 Å². The van der Waals surface area contributed by atoms with Crippen molar-refractivity contribution in [2.75, 3.05) is 31.2 Å². The topological polar surface area (TPSA) is 85.5 Å². The zero-order valence-electron chi connectivity index (χ0n) is 12.0. The fraction of sp³-hybridized carbons (Fsp3) is 0.846. The number of anilines is 1. The van der Waals surface area contributed by atoms with E-state index in [2.05, 4.69) is 10.2 Å². The number of morpholine rings is 1. The number of hydrogen-bond acceptors (Lipinski definition) is 7. The second kappa shape index (κ2) is 6.31. The molecule has 21 heavy (non-hydrogen) atoms. The highest BCUT2D eigenvalue weighted by Gasteiger charge is 2.33. The van der Waals surface area contributed by atoms with Crippen molar-refractivity contribution >= 4 is 15.9 Å². The number of hydrogen-bond donors (Lipinski definition) is 0. The van der Waals surface area contributed by atoms with Crippen LogP contribution in [0.2, 0.25) is 0 Å². The molecule has 0 bridgehead atoms. The monoisotopic (exact) mass is 315 g/mol. The van der Waals surface area contributed by atoms with E-state index in [0.717, 1.165) is 25.7 Å². The summed E-state index contributed by atoms with van der Waals surface area (Å²) in [6, 6.07) is 0.283. The molecule has 1 aromatic rings. The second-order valence-corrected chi connectivity index (χ2v) is 7.71. The quantitative estimate of drug-likeness (QED) is 0.779. The van der Waals surface area contributed by atoms with Gasteiger partial charge >= 0.3 is 11.2 Å². The van der Waals surface area contributed by atoms with Gasteiger partial charge in [0.05, 0.1) is 18.5 Å². The average Bonchev–Trinajstić information content (AvgIpc) is 2.84. The van der Waals surface area contributed by atoms with E-state index < -0.39 is 9.84 Å². The van der Waals surface area contributed by atoms with Crippen LogP contribution >= 0.6 is 0 Å². The number of rotatable bonds is 3. The molecule has 118 valence electrons. The predicted octanol–water partition coefficient (Wildman–Crippen LogP) is 1.40. The minimum absolute atomic E-state index is 0.226. The molecule has 1 aliphatic carbocycles. The van der Waals surface area contributed by atoms with Gasteiger partial charge in [0.2, 0.25) is 9.84 Å². The number of ether oxygens (including phenoxy) is 1. The zero-order chi connectivity index (χ0) is 14.7. The zero-order valence-corrected chi connectivity index (χ0v) is 12.8. The lowest BCUT2D eigenvalue weighted by Crippen LogP contribution is -2.36. The van der Waals surface area contributed by atoms with Crippen molar-refractivity contribution in [1.29, 1.82) is 0 Å². The molecule has 1 saturated heterocycles. The van der Waals surface area contributed by atoms with Crippen LogP contribution in [0.15, 0.2) is 9.64 Å². The SMILES string of the molecule is O=S(=O)(c1nnc(N2CCOCC2)o1)C1CCCCCC1. The van der Waals surface area contributed by atoms with E-state index in [4.69, 9.17) is 9.15 Å². The number of aromatic nitrogens is 2. The standard InChI is InChI=1S/C13H21N3O4S/c17-21(18,11-5-3-1-2-4-6-11)13-15-14-12(20-13)16-7-9-19-10-8-16/h11H,1-10H2. The van der Waals surface area contributed by atoms with E-state index in [1.165, 1.54) is 0 Å². The lowest BCUT2D eigenvalue weighted by Gasteiger charge is -2.24. The van der Waals surface area contributed by atoms with Gasteiger partial charge in [-0.05, 0) is 12.8 Å². The molecule has 0 atom stereocenters. The molecule has 2 aliphatic rings. The summed E-state index contributed by atoms with van der Waals surface area (Å²) < 4.78 is 35.9. The van der Waals surface area contributed by atoms with Gasteiger partial charge in [0, 0.05) is 13.1 Å². The minimum Gasteiger partial charge on any atom is -0.394 e. The molecule has 0 unspecified atom stereocenters. The van der Waals surface area contributed by atoms with E-state index in [1.807, 2.05) is 4.90 Å². The molecule has 0 radical (unpaired) electrons. The van der Waals surface area contributed by atoms with Gasteiger partial charge < -0.3 is 14.1 Å². The van der Waals surface area contributed by atoms with E-state index in [0.29, 0.717) is 39.1 Å². The molecule has 7 nitrogen and oxygen atoms in total. The molecule has 0 aromatic carbocycles. The fourth-order valence-corrected chi connectivity index (χ4v) is 4.48. The van der Waals surface area contributed by atoms with Gasteiger partial charge in [0.25, 0.3) is 0 Å². The van der Waals surface area contributed by atoms with Gasteiger partial charge in [-0.15, -0.1) is 0 Å². The van der Waals surface area contributed by atoms with Crippen molar-refractivity contribution in [3.63, 3.8) is 0 Å². The maximum absolute atomic E-state index is 12.6. The Morgan fingerprint density at radius 1 is 1.00 bits per heavy atom. The third-order valence-corrected chi connectivity index (χ3v) is 6.16. The van der Waals surface area contributed by atoms with Gasteiger partial charge in [-0.2, -0.15) is 0 Å². The Bertz CT molecular complexity index is 558. The Labute approximate surface area is 124 Å². The van der Waals surface area contributed by atoms with E-state index in [1.54, 1.807) is 0 Å². The Hall–Kier alpha value is -1.15. The maximum atomic E-state index is 12.6. The first-order valence-electron chi connectivity index (χ1n) is 7.58. The minimum atomic E-state index is -3.50. The van der Waals surface area contributed by atoms with Gasteiger partial charge in [0.15, 0.2) is 0 Å². The first kappa shape index (κ1) is 14.8. The summed E-state index contributed by atoms with van der Waals surface area (Å²) in [6.07, 6.45) is 5.50. The van der Waals surface area contributed by atoms with E-state index >= 15 is 0 Å². The lowest BCUT2D eigenvalue weighted by atomic mass is 10.2. The van der Waals surface area contributed by atoms with Crippen LogP contribution in [-0.4, -0.2) is 50.2 Å².